The lowest BCUT2D eigenvalue weighted by molar-refractivity contribution is 0.328. The van der Waals surface area contributed by atoms with Crippen LogP contribution in [0.4, 0.5) is 0 Å². The van der Waals surface area contributed by atoms with Crippen molar-refractivity contribution in [2.45, 2.75) is 116 Å². The third-order valence-electron chi connectivity index (χ3n) is 5.61. The van der Waals surface area contributed by atoms with Crippen molar-refractivity contribution in [3.8, 4) is 0 Å². The number of rotatable bonds is 16. The fraction of sp³-hybridized carbons (Fsp3) is 0.913. The van der Waals surface area contributed by atoms with E-state index in [9.17, 15) is 0 Å². The van der Waals surface area contributed by atoms with E-state index in [0.29, 0.717) is 0 Å². The monoisotopic (exact) mass is 335 g/mol. The Balaban J connectivity index is 1.68. The molecule has 0 aromatic carbocycles. The highest BCUT2D eigenvalue weighted by Gasteiger charge is 2.12. The maximum Gasteiger partial charge on any atom is 0.0134 e. The highest BCUT2D eigenvalue weighted by molar-refractivity contribution is 4.82. The molecule has 1 rings (SSSR count). The van der Waals surface area contributed by atoms with Crippen LogP contribution in [0, 0.1) is 5.92 Å². The maximum absolute atomic E-state index is 3.49. The predicted octanol–water partition coefficient (Wildman–Crippen LogP) is 7.41. The molecule has 0 radical (unpaired) electrons. The Morgan fingerprint density at radius 2 is 1.29 bits per heavy atom. The Kier molecular flexibility index (Phi) is 15.9. The highest BCUT2D eigenvalue weighted by Crippen LogP contribution is 2.28. The van der Waals surface area contributed by atoms with E-state index in [0.717, 1.165) is 18.9 Å². The number of hydrogen-bond donors (Lipinski definition) is 1. The van der Waals surface area contributed by atoms with Crippen LogP contribution in [0.2, 0.25) is 0 Å². The van der Waals surface area contributed by atoms with E-state index in [4.69, 9.17) is 0 Å². The Hall–Kier alpha value is -0.300. The van der Waals surface area contributed by atoms with Crippen LogP contribution in [0.3, 0.4) is 0 Å². The molecule has 0 aliphatic heterocycles. The molecule has 1 aliphatic carbocycles. The van der Waals surface area contributed by atoms with Crippen LogP contribution >= 0.6 is 0 Å². The minimum Gasteiger partial charge on any atom is -0.313 e. The van der Waals surface area contributed by atoms with Crippen molar-refractivity contribution in [3.63, 3.8) is 0 Å². The molecule has 0 aromatic heterocycles. The van der Waals surface area contributed by atoms with E-state index in [-0.39, 0.29) is 0 Å². The third-order valence-corrected chi connectivity index (χ3v) is 5.61. The molecule has 24 heavy (non-hydrogen) atoms. The van der Waals surface area contributed by atoms with Crippen LogP contribution in [0.1, 0.15) is 116 Å². The second kappa shape index (κ2) is 17.5. The fourth-order valence-corrected chi connectivity index (χ4v) is 4.01. The zero-order chi connectivity index (χ0) is 17.1. The molecule has 1 saturated carbocycles. The molecule has 0 unspecified atom stereocenters. The van der Waals surface area contributed by atoms with Crippen molar-refractivity contribution in [2.24, 2.45) is 5.92 Å². The number of nitrogens with one attached hydrogen (secondary N) is 1. The zero-order valence-corrected chi connectivity index (χ0v) is 16.7. The molecule has 0 heterocycles. The first kappa shape index (κ1) is 21.7. The van der Waals surface area contributed by atoms with Gasteiger partial charge in [-0.25, -0.2) is 0 Å². The van der Waals surface area contributed by atoms with E-state index >= 15 is 0 Å². The van der Waals surface area contributed by atoms with Gasteiger partial charge in [0.25, 0.3) is 0 Å². The molecule has 0 bridgehead atoms. The molecule has 0 amide bonds. The van der Waals surface area contributed by atoms with Gasteiger partial charge in [-0.3, -0.25) is 0 Å². The largest absolute Gasteiger partial charge is 0.313 e. The fourth-order valence-electron chi connectivity index (χ4n) is 4.01. The van der Waals surface area contributed by atoms with Crippen LogP contribution in [-0.2, 0) is 0 Å². The van der Waals surface area contributed by atoms with Crippen molar-refractivity contribution in [1.82, 2.24) is 5.32 Å². The van der Waals surface area contributed by atoms with E-state index in [1.54, 1.807) is 0 Å². The Labute approximate surface area is 153 Å². The average molecular weight is 336 g/mol. The first-order valence-electron chi connectivity index (χ1n) is 11.3. The molecule has 0 atom stereocenters. The summed E-state index contributed by atoms with van der Waals surface area (Å²) in [5, 5.41) is 3.49. The predicted molar refractivity (Wildman–Crippen MR) is 110 cm³/mol. The van der Waals surface area contributed by atoms with Crippen molar-refractivity contribution < 1.29 is 0 Å². The van der Waals surface area contributed by atoms with Gasteiger partial charge in [0, 0.05) is 6.54 Å². The summed E-state index contributed by atoms with van der Waals surface area (Å²) in [7, 11) is 0. The minimum absolute atomic E-state index is 1.05. The van der Waals surface area contributed by atoms with E-state index in [1.807, 2.05) is 0 Å². The van der Waals surface area contributed by atoms with Gasteiger partial charge in [-0.05, 0) is 25.3 Å². The van der Waals surface area contributed by atoms with Gasteiger partial charge in [0.05, 0.1) is 0 Å². The van der Waals surface area contributed by atoms with Crippen LogP contribution in [-0.4, -0.2) is 13.1 Å². The van der Waals surface area contributed by atoms with Gasteiger partial charge < -0.3 is 5.32 Å². The summed E-state index contributed by atoms with van der Waals surface area (Å²) in [6, 6.07) is 0. The van der Waals surface area contributed by atoms with Crippen molar-refractivity contribution in [3.05, 3.63) is 12.2 Å². The summed E-state index contributed by atoms with van der Waals surface area (Å²) >= 11 is 0. The van der Waals surface area contributed by atoms with E-state index in [2.05, 4.69) is 24.4 Å². The van der Waals surface area contributed by atoms with Gasteiger partial charge in [-0.2, -0.15) is 0 Å². The van der Waals surface area contributed by atoms with Gasteiger partial charge >= 0.3 is 0 Å². The van der Waals surface area contributed by atoms with Crippen LogP contribution in [0.5, 0.6) is 0 Å². The lowest BCUT2D eigenvalue weighted by Crippen LogP contribution is -2.14. The Morgan fingerprint density at radius 3 is 1.92 bits per heavy atom. The van der Waals surface area contributed by atoms with Crippen molar-refractivity contribution >= 4 is 0 Å². The topological polar surface area (TPSA) is 12.0 Å². The number of allylic oxidation sites excluding steroid dienone is 1. The molecule has 1 fully saturated rings. The molecule has 0 spiro atoms. The summed E-state index contributed by atoms with van der Waals surface area (Å²) in [5.74, 6) is 1.09. The highest BCUT2D eigenvalue weighted by atomic mass is 14.8. The molecular formula is C23H45N. The normalized spacial score (nSPS) is 16.2. The van der Waals surface area contributed by atoms with Gasteiger partial charge in [-0.1, -0.05) is 115 Å². The first-order valence-corrected chi connectivity index (χ1v) is 11.3. The molecule has 1 N–H and O–H groups in total. The number of unbranched alkanes of at least 4 members (excludes halogenated alkanes) is 9. The molecule has 0 aromatic rings. The summed E-state index contributed by atoms with van der Waals surface area (Å²) in [6.07, 6.45) is 29.3. The molecule has 1 heteroatoms. The van der Waals surface area contributed by atoms with Gasteiger partial charge in [0.2, 0.25) is 0 Å². The lowest BCUT2D eigenvalue weighted by atomic mass is 9.85. The summed E-state index contributed by atoms with van der Waals surface area (Å²) in [4.78, 5) is 0. The summed E-state index contributed by atoms with van der Waals surface area (Å²) < 4.78 is 0. The van der Waals surface area contributed by atoms with Crippen molar-refractivity contribution in [2.75, 3.05) is 13.1 Å². The Bertz CT molecular complexity index is 265. The second-order valence-electron chi connectivity index (χ2n) is 7.91. The van der Waals surface area contributed by atoms with Crippen LogP contribution in [0.25, 0.3) is 0 Å². The smallest absolute Gasteiger partial charge is 0.0134 e. The molecule has 1 aliphatic rings. The van der Waals surface area contributed by atoms with Crippen molar-refractivity contribution in [1.29, 1.82) is 0 Å². The van der Waals surface area contributed by atoms with Crippen LogP contribution in [0.15, 0.2) is 12.2 Å². The van der Waals surface area contributed by atoms with E-state index < -0.39 is 0 Å². The van der Waals surface area contributed by atoms with Gasteiger partial charge in [-0.15, -0.1) is 0 Å². The summed E-state index contributed by atoms with van der Waals surface area (Å²) in [6.45, 7) is 4.43. The second-order valence-corrected chi connectivity index (χ2v) is 7.91. The third kappa shape index (κ3) is 14.1. The molecule has 1 nitrogen and oxygen atoms in total. The standard InChI is InChI=1S/C23H45N/c1-2-3-16-21-24-22-17-11-9-7-5-4-6-8-10-13-18-23-19-14-12-15-20-23/h3,16,23-24H,2,4-15,17-22H2,1H3. The maximum atomic E-state index is 3.49. The lowest BCUT2D eigenvalue weighted by Gasteiger charge is -2.21. The zero-order valence-electron chi connectivity index (χ0n) is 16.7. The van der Waals surface area contributed by atoms with E-state index in [1.165, 1.54) is 109 Å². The minimum atomic E-state index is 1.05. The quantitative estimate of drug-likeness (QED) is 0.229. The molecular weight excluding hydrogens is 290 g/mol. The SMILES string of the molecule is CCC=CCNCCCCCCCCCCCCC1CCCCC1. The van der Waals surface area contributed by atoms with Gasteiger partial charge in [0.15, 0.2) is 0 Å². The first-order chi connectivity index (χ1) is 11.9. The molecule has 0 saturated heterocycles. The van der Waals surface area contributed by atoms with Gasteiger partial charge in [0.1, 0.15) is 0 Å². The Morgan fingerprint density at radius 1 is 0.708 bits per heavy atom. The average Bonchev–Trinajstić information content (AvgIpc) is 2.62. The number of hydrogen-bond acceptors (Lipinski definition) is 1. The summed E-state index contributed by atoms with van der Waals surface area (Å²) in [5.41, 5.74) is 0. The molecule has 142 valence electrons. The van der Waals surface area contributed by atoms with Crippen LogP contribution < -0.4 is 5.32 Å².